The molecule has 0 fully saturated rings. The van der Waals surface area contributed by atoms with Crippen molar-refractivity contribution in [3.8, 4) is 0 Å². The monoisotopic (exact) mass is 287 g/mol. The largest absolute Gasteiger partial charge is 0.545 e. The number of aryl methyl sites for hydroxylation is 1. The van der Waals surface area contributed by atoms with E-state index in [1.165, 1.54) is 0 Å². The molecule has 1 unspecified atom stereocenters. The van der Waals surface area contributed by atoms with E-state index >= 15 is 0 Å². The van der Waals surface area contributed by atoms with Crippen molar-refractivity contribution in [2.75, 3.05) is 0 Å². The van der Waals surface area contributed by atoms with Crippen LogP contribution >= 0.6 is 0 Å². The van der Waals surface area contributed by atoms with Crippen LogP contribution in [0.1, 0.15) is 49.2 Å². The lowest BCUT2D eigenvalue weighted by molar-refractivity contribution is -0.255. The Morgan fingerprint density at radius 3 is 2.57 bits per heavy atom. The van der Waals surface area contributed by atoms with Gasteiger partial charge in [-0.2, -0.15) is 0 Å². The summed E-state index contributed by atoms with van der Waals surface area (Å²) in [5.74, 6) is -1.17. The third-order valence-electron chi connectivity index (χ3n) is 4.13. The van der Waals surface area contributed by atoms with Gasteiger partial charge in [0, 0.05) is 11.1 Å². The van der Waals surface area contributed by atoms with Gasteiger partial charge in [-0.25, -0.2) is 0 Å². The first-order valence-electron chi connectivity index (χ1n) is 7.05. The molecular weight excluding hydrogens is 268 g/mol. The van der Waals surface area contributed by atoms with Crippen LogP contribution < -0.4 is 10.4 Å². The Kier molecular flexibility index (Phi) is 3.85. The zero-order valence-electron chi connectivity index (χ0n) is 12.7. The minimum Gasteiger partial charge on any atom is -0.545 e. The molecule has 1 aromatic carbocycles. The number of carboxylic acid groups (broad SMARTS) is 1. The van der Waals surface area contributed by atoms with E-state index < -0.39 is 11.5 Å². The molecule has 5 heteroatoms. The zero-order valence-corrected chi connectivity index (χ0v) is 12.7. The molecule has 1 aromatic rings. The average Bonchev–Trinajstić information content (AvgIpc) is 2.75. The zero-order chi connectivity index (χ0) is 15.8. The normalized spacial score (nSPS) is 21.4. The molecule has 1 aliphatic heterocycles. The summed E-state index contributed by atoms with van der Waals surface area (Å²) in [5.41, 5.74) is 0.475. The van der Waals surface area contributed by atoms with Crippen LogP contribution in [0.3, 0.4) is 0 Å². The van der Waals surface area contributed by atoms with E-state index in [0.717, 1.165) is 12.0 Å². The predicted molar refractivity (Wildman–Crippen MR) is 78.1 cm³/mol. The smallest absolute Gasteiger partial charge is 0.253 e. The summed E-state index contributed by atoms with van der Waals surface area (Å²) < 4.78 is 0. The fraction of sp³-hybridized carbons (Fsp3) is 0.438. The molecule has 112 valence electrons. The van der Waals surface area contributed by atoms with Crippen molar-refractivity contribution >= 4 is 17.7 Å². The van der Waals surface area contributed by atoms with Gasteiger partial charge in [-0.1, -0.05) is 32.9 Å². The molecule has 1 N–H and O–H groups in total. The van der Waals surface area contributed by atoms with E-state index in [0.29, 0.717) is 11.4 Å². The van der Waals surface area contributed by atoms with Gasteiger partial charge in [0.2, 0.25) is 0 Å². The minimum absolute atomic E-state index is 0.0105. The first kappa shape index (κ1) is 15.2. The number of aromatic carboxylic acids is 1. The van der Waals surface area contributed by atoms with Crippen LogP contribution in [0.2, 0.25) is 0 Å². The molecule has 0 aliphatic carbocycles. The number of amides is 1. The Bertz CT molecular complexity index is 634. The second-order valence-electron chi connectivity index (χ2n) is 5.74. The summed E-state index contributed by atoms with van der Waals surface area (Å²) in [6.07, 6.45) is 0.725. The number of nitrogens with one attached hydrogen (secondary N) is 1. The van der Waals surface area contributed by atoms with Crippen LogP contribution in [-0.2, 0) is 11.2 Å². The molecule has 2 rings (SSSR count). The number of hydrogen-bond donors (Lipinski definition) is 1. The number of carboxylic acids is 1. The Labute approximate surface area is 124 Å². The average molecular weight is 287 g/mol. The van der Waals surface area contributed by atoms with Gasteiger partial charge in [0.15, 0.2) is 0 Å². The third-order valence-corrected chi connectivity index (χ3v) is 4.13. The van der Waals surface area contributed by atoms with Crippen molar-refractivity contribution in [3.63, 3.8) is 0 Å². The lowest BCUT2D eigenvalue weighted by Crippen LogP contribution is -2.41. The number of aliphatic imine (C=N–C) groups is 1. The van der Waals surface area contributed by atoms with Crippen molar-refractivity contribution in [2.45, 2.75) is 39.7 Å². The third kappa shape index (κ3) is 2.55. The molecule has 1 amide bonds. The molecule has 0 radical (unpaired) electrons. The second-order valence-corrected chi connectivity index (χ2v) is 5.74. The molecule has 1 heterocycles. The maximum Gasteiger partial charge on any atom is 0.253 e. The number of carbonyl (C=O) groups is 2. The molecule has 0 aromatic heterocycles. The van der Waals surface area contributed by atoms with Crippen LogP contribution in [-0.4, -0.2) is 23.3 Å². The first-order valence-corrected chi connectivity index (χ1v) is 7.05. The Morgan fingerprint density at radius 1 is 1.43 bits per heavy atom. The van der Waals surface area contributed by atoms with Gasteiger partial charge >= 0.3 is 0 Å². The number of nitrogens with zero attached hydrogens (tertiary/aromatic N) is 1. The van der Waals surface area contributed by atoms with E-state index in [9.17, 15) is 14.7 Å². The molecule has 5 nitrogen and oxygen atoms in total. The van der Waals surface area contributed by atoms with Crippen LogP contribution in [0.5, 0.6) is 0 Å². The van der Waals surface area contributed by atoms with E-state index in [-0.39, 0.29) is 17.4 Å². The first-order chi connectivity index (χ1) is 9.79. The topological polar surface area (TPSA) is 81.6 Å². The van der Waals surface area contributed by atoms with Gasteiger partial charge in [-0.3, -0.25) is 9.79 Å². The van der Waals surface area contributed by atoms with Crippen LogP contribution in [0.15, 0.2) is 23.2 Å². The van der Waals surface area contributed by atoms with Crippen LogP contribution in [0, 0.1) is 5.92 Å². The van der Waals surface area contributed by atoms with E-state index in [1.807, 2.05) is 26.8 Å². The van der Waals surface area contributed by atoms with Crippen molar-refractivity contribution in [1.82, 2.24) is 5.32 Å². The number of rotatable bonds is 4. The highest BCUT2D eigenvalue weighted by Crippen LogP contribution is 2.27. The van der Waals surface area contributed by atoms with Gasteiger partial charge in [0.05, 0.1) is 5.97 Å². The Hall–Kier alpha value is -2.17. The lowest BCUT2D eigenvalue weighted by Gasteiger charge is -2.21. The highest BCUT2D eigenvalue weighted by molar-refractivity contribution is 6.18. The highest BCUT2D eigenvalue weighted by atomic mass is 16.4. The summed E-state index contributed by atoms with van der Waals surface area (Å²) >= 11 is 0. The van der Waals surface area contributed by atoms with Crippen molar-refractivity contribution < 1.29 is 14.7 Å². The van der Waals surface area contributed by atoms with E-state index in [2.05, 4.69) is 10.3 Å². The summed E-state index contributed by atoms with van der Waals surface area (Å²) in [6.45, 7) is 7.51. The quantitative estimate of drug-likeness (QED) is 0.893. The maximum atomic E-state index is 12.1. The highest BCUT2D eigenvalue weighted by Gasteiger charge is 2.42. The predicted octanol–water partition coefficient (Wildman–Crippen LogP) is 0.904. The fourth-order valence-corrected chi connectivity index (χ4v) is 2.25. The summed E-state index contributed by atoms with van der Waals surface area (Å²) in [7, 11) is 0. The number of hydrogen-bond acceptors (Lipinski definition) is 4. The molecule has 0 saturated carbocycles. The van der Waals surface area contributed by atoms with Gasteiger partial charge < -0.3 is 15.2 Å². The van der Waals surface area contributed by atoms with Crippen LogP contribution in [0.4, 0.5) is 0 Å². The van der Waals surface area contributed by atoms with Crippen LogP contribution in [0.25, 0.3) is 0 Å². The maximum absolute atomic E-state index is 12.1. The summed E-state index contributed by atoms with van der Waals surface area (Å²) in [4.78, 5) is 27.9. The summed E-state index contributed by atoms with van der Waals surface area (Å²) in [5, 5.41) is 14.0. The lowest BCUT2D eigenvalue weighted by atomic mass is 9.89. The number of benzene rings is 1. The fourth-order valence-electron chi connectivity index (χ4n) is 2.25. The van der Waals surface area contributed by atoms with Gasteiger partial charge in [0.1, 0.15) is 11.4 Å². The Balaban J connectivity index is 2.53. The minimum atomic E-state index is -1.27. The van der Waals surface area contributed by atoms with E-state index in [1.54, 1.807) is 19.1 Å². The standard InChI is InChI=1S/C16H20N2O3/c1-5-10-6-7-11(12(8-10)14(19)20)13-17-15(21)16(4,18-13)9(2)3/h6-9H,5H2,1-4H3,(H,19,20)(H,17,18,21)/p-1. The van der Waals surface area contributed by atoms with Crippen molar-refractivity contribution in [3.05, 3.63) is 34.9 Å². The molecule has 0 spiro atoms. The van der Waals surface area contributed by atoms with Crippen molar-refractivity contribution in [2.24, 2.45) is 10.9 Å². The van der Waals surface area contributed by atoms with Gasteiger partial charge in [0.25, 0.3) is 5.91 Å². The number of carbonyl (C=O) groups excluding carboxylic acids is 2. The molecule has 0 saturated heterocycles. The van der Waals surface area contributed by atoms with Gasteiger partial charge in [-0.05, 0) is 30.9 Å². The molecule has 1 aliphatic rings. The van der Waals surface area contributed by atoms with Crippen molar-refractivity contribution in [1.29, 1.82) is 0 Å². The second kappa shape index (κ2) is 5.31. The SMILES string of the molecule is CCc1ccc(C2=NC(C)(C(C)C)C(=O)N2)c(C(=O)[O-])c1. The molecular formula is C16H19N2O3-. The summed E-state index contributed by atoms with van der Waals surface area (Å²) in [6, 6.07) is 5.08. The molecule has 0 bridgehead atoms. The molecule has 1 atom stereocenters. The molecule has 21 heavy (non-hydrogen) atoms. The van der Waals surface area contributed by atoms with Gasteiger partial charge in [-0.15, -0.1) is 0 Å². The number of amidine groups is 1. The Morgan fingerprint density at radius 2 is 2.10 bits per heavy atom. The van der Waals surface area contributed by atoms with E-state index in [4.69, 9.17) is 0 Å².